The maximum absolute atomic E-state index is 13.6. The Bertz CT molecular complexity index is 1520. The first-order valence-electron chi connectivity index (χ1n) is 14.0. The van der Waals surface area contributed by atoms with Gasteiger partial charge in [0.2, 0.25) is 17.7 Å². The summed E-state index contributed by atoms with van der Waals surface area (Å²) in [6.07, 6.45) is 4.76. The number of aryl methyl sites for hydroxylation is 2. The van der Waals surface area contributed by atoms with Crippen LogP contribution in [0.25, 0.3) is 11.3 Å². The molecule has 11 nitrogen and oxygen atoms in total. The fourth-order valence-corrected chi connectivity index (χ4v) is 5.78. The highest BCUT2D eigenvalue weighted by atomic mass is 16.5. The molecule has 1 fully saturated rings. The Hall–Kier alpha value is -4.51. The normalized spacial score (nSPS) is 20.8. The van der Waals surface area contributed by atoms with Crippen LogP contribution in [0.15, 0.2) is 60.2 Å². The second-order valence-corrected chi connectivity index (χ2v) is 10.6. The van der Waals surface area contributed by atoms with Crippen molar-refractivity contribution in [2.45, 2.75) is 25.8 Å². The van der Waals surface area contributed by atoms with Crippen LogP contribution in [0.4, 0.5) is 11.4 Å². The van der Waals surface area contributed by atoms with Gasteiger partial charge in [0, 0.05) is 57.1 Å². The molecule has 1 N–H and O–H groups in total. The number of hydrogen-bond donors (Lipinski definition) is 1. The van der Waals surface area contributed by atoms with E-state index < -0.39 is 0 Å². The number of guanidine groups is 1. The van der Waals surface area contributed by atoms with Crippen LogP contribution in [0.3, 0.4) is 0 Å². The SMILES string of the molecule is C=CC(=O)N1CCN([C@@H]2CCCOc3c(cnn3C)-c3cc(cc(C)n3)C(=O)/N=C3\Nc4ccccc4N3C2)CC1. The third-order valence-electron chi connectivity index (χ3n) is 7.90. The smallest absolute Gasteiger partial charge is 0.280 e. The molecule has 2 aromatic heterocycles. The molecule has 1 saturated heterocycles. The second kappa shape index (κ2) is 11.2. The Balaban J connectivity index is 1.37. The molecule has 0 aliphatic carbocycles. The highest BCUT2D eigenvalue weighted by Gasteiger charge is 2.32. The minimum atomic E-state index is -0.355. The standard InChI is InChI=1S/C30H34N8O3/c1-4-27(39)37-13-11-36(12-14-37)22-8-7-15-41-29-23(18-31-35(29)3)25-17-21(16-20(2)32-25)28(40)34-30-33-24-9-5-6-10-26(24)38(30)19-22/h4-6,9-10,16-18,22H,1,7-8,11-15,19H2,2-3H3,(H,33,34,40)/t22-/m1/s1. The zero-order valence-electron chi connectivity index (χ0n) is 23.4. The Morgan fingerprint density at radius 3 is 2.78 bits per heavy atom. The number of piperazine rings is 1. The van der Waals surface area contributed by atoms with Gasteiger partial charge in [-0.25, -0.2) is 4.68 Å². The lowest BCUT2D eigenvalue weighted by atomic mass is 10.1. The molecule has 3 aliphatic heterocycles. The molecule has 0 saturated carbocycles. The molecule has 2 amide bonds. The van der Waals surface area contributed by atoms with E-state index in [2.05, 4.69) is 36.8 Å². The van der Waals surface area contributed by atoms with Gasteiger partial charge in [-0.2, -0.15) is 10.1 Å². The van der Waals surface area contributed by atoms with E-state index in [1.54, 1.807) is 23.0 Å². The summed E-state index contributed by atoms with van der Waals surface area (Å²) < 4.78 is 7.98. The van der Waals surface area contributed by atoms with Crippen molar-refractivity contribution in [3.05, 3.63) is 66.5 Å². The molecule has 1 atom stereocenters. The topological polar surface area (TPSA) is 108 Å². The van der Waals surface area contributed by atoms with Gasteiger partial charge in [0.15, 0.2) is 0 Å². The number of para-hydroxylation sites is 2. The molecular formula is C30H34N8O3. The molecule has 2 bridgehead atoms. The van der Waals surface area contributed by atoms with E-state index in [-0.39, 0.29) is 17.9 Å². The summed E-state index contributed by atoms with van der Waals surface area (Å²) in [6.45, 7) is 9.43. The summed E-state index contributed by atoms with van der Waals surface area (Å²) in [7, 11) is 1.84. The Morgan fingerprint density at radius 1 is 1.17 bits per heavy atom. The summed E-state index contributed by atoms with van der Waals surface area (Å²) in [4.78, 5) is 41.4. The fourth-order valence-electron chi connectivity index (χ4n) is 5.78. The van der Waals surface area contributed by atoms with Gasteiger partial charge in [0.25, 0.3) is 5.91 Å². The maximum Gasteiger partial charge on any atom is 0.280 e. The van der Waals surface area contributed by atoms with Gasteiger partial charge in [-0.3, -0.25) is 19.5 Å². The van der Waals surface area contributed by atoms with E-state index in [0.717, 1.165) is 42.9 Å². The number of carbonyl (C=O) groups excluding carboxylic acids is 2. The molecule has 1 aromatic carbocycles. The minimum Gasteiger partial charge on any atom is -0.477 e. The Labute approximate surface area is 239 Å². The lowest BCUT2D eigenvalue weighted by molar-refractivity contribution is -0.128. The van der Waals surface area contributed by atoms with Gasteiger partial charge < -0.3 is 19.9 Å². The van der Waals surface area contributed by atoms with Crippen LogP contribution in [0, 0.1) is 6.92 Å². The van der Waals surface area contributed by atoms with Gasteiger partial charge in [-0.05, 0) is 50.1 Å². The summed E-state index contributed by atoms with van der Waals surface area (Å²) in [5.74, 6) is 0.732. The molecule has 0 unspecified atom stereocenters. The third kappa shape index (κ3) is 5.32. The Morgan fingerprint density at radius 2 is 1.98 bits per heavy atom. The van der Waals surface area contributed by atoms with Gasteiger partial charge in [0.05, 0.1) is 35.4 Å². The van der Waals surface area contributed by atoms with Crippen molar-refractivity contribution in [3.8, 4) is 17.1 Å². The van der Waals surface area contributed by atoms with Crippen LogP contribution in [0.1, 0.15) is 28.9 Å². The van der Waals surface area contributed by atoms with Crippen LogP contribution in [0.2, 0.25) is 0 Å². The fraction of sp³-hybridized carbons (Fsp3) is 0.367. The number of amides is 2. The number of nitrogens with zero attached hydrogens (tertiary/aromatic N) is 7. The maximum atomic E-state index is 13.6. The zero-order valence-corrected chi connectivity index (χ0v) is 23.4. The molecule has 41 heavy (non-hydrogen) atoms. The van der Waals surface area contributed by atoms with Crippen molar-refractivity contribution in [2.75, 3.05) is 49.5 Å². The van der Waals surface area contributed by atoms with E-state index in [4.69, 9.17) is 4.74 Å². The van der Waals surface area contributed by atoms with E-state index in [1.165, 1.54) is 6.08 Å². The van der Waals surface area contributed by atoms with E-state index in [0.29, 0.717) is 55.0 Å². The predicted molar refractivity (Wildman–Crippen MR) is 157 cm³/mol. The molecule has 212 valence electrons. The molecule has 0 radical (unpaired) electrons. The van der Waals surface area contributed by atoms with Crippen molar-refractivity contribution < 1.29 is 14.3 Å². The number of ether oxygens (including phenoxy) is 1. The average Bonchev–Trinajstić information content (AvgIpc) is 3.52. The van der Waals surface area contributed by atoms with E-state index in [1.807, 2.05) is 43.1 Å². The number of benzene rings is 1. The number of fused-ring (bicyclic) bond motifs is 7. The second-order valence-electron chi connectivity index (χ2n) is 10.6. The Kier molecular flexibility index (Phi) is 7.27. The van der Waals surface area contributed by atoms with E-state index >= 15 is 0 Å². The number of aromatic nitrogens is 3. The average molecular weight is 555 g/mol. The quantitative estimate of drug-likeness (QED) is 0.482. The monoisotopic (exact) mass is 554 g/mol. The molecule has 6 rings (SSSR count). The lowest BCUT2D eigenvalue weighted by Gasteiger charge is -2.40. The number of hydrogen-bond acceptors (Lipinski definition) is 8. The lowest BCUT2D eigenvalue weighted by Crippen LogP contribution is -2.55. The summed E-state index contributed by atoms with van der Waals surface area (Å²) in [5.41, 5.74) is 4.41. The number of nitrogens with one attached hydrogen (secondary N) is 1. The third-order valence-corrected chi connectivity index (χ3v) is 7.90. The first kappa shape index (κ1) is 26.7. The summed E-state index contributed by atoms with van der Waals surface area (Å²) in [6, 6.07) is 11.6. The van der Waals surface area contributed by atoms with Crippen LogP contribution in [-0.4, -0.2) is 87.7 Å². The van der Waals surface area contributed by atoms with Gasteiger partial charge in [-0.1, -0.05) is 18.7 Å². The van der Waals surface area contributed by atoms with Crippen LogP contribution in [-0.2, 0) is 11.8 Å². The highest BCUT2D eigenvalue weighted by Crippen LogP contribution is 2.34. The van der Waals surface area contributed by atoms with Crippen LogP contribution < -0.4 is 15.0 Å². The van der Waals surface area contributed by atoms with Crippen molar-refractivity contribution in [1.29, 1.82) is 0 Å². The van der Waals surface area contributed by atoms with E-state index in [9.17, 15) is 9.59 Å². The predicted octanol–water partition coefficient (Wildman–Crippen LogP) is 3.09. The van der Waals surface area contributed by atoms with Crippen molar-refractivity contribution in [2.24, 2.45) is 12.0 Å². The highest BCUT2D eigenvalue weighted by molar-refractivity contribution is 6.19. The molecule has 3 aromatic rings. The van der Waals surface area contributed by atoms with Crippen molar-refractivity contribution in [3.63, 3.8) is 0 Å². The first-order valence-corrected chi connectivity index (χ1v) is 14.0. The number of rotatable bonds is 2. The molecule has 5 heterocycles. The number of anilines is 2. The van der Waals surface area contributed by atoms with Crippen LogP contribution in [0.5, 0.6) is 5.88 Å². The number of aliphatic imine (C=N–C) groups is 1. The van der Waals surface area contributed by atoms with Gasteiger partial charge in [-0.15, -0.1) is 0 Å². The summed E-state index contributed by atoms with van der Waals surface area (Å²) in [5, 5.41) is 7.77. The molecule has 3 aliphatic rings. The van der Waals surface area contributed by atoms with Crippen molar-refractivity contribution in [1.82, 2.24) is 24.6 Å². The summed E-state index contributed by atoms with van der Waals surface area (Å²) >= 11 is 0. The largest absolute Gasteiger partial charge is 0.477 e. The zero-order chi connectivity index (χ0) is 28.5. The van der Waals surface area contributed by atoms with Crippen molar-refractivity contribution >= 4 is 29.1 Å². The minimum absolute atomic E-state index is 0.0360. The van der Waals surface area contributed by atoms with Crippen LogP contribution >= 0.6 is 0 Å². The first-order chi connectivity index (χ1) is 19.9. The molecule has 11 heteroatoms. The van der Waals surface area contributed by atoms with Gasteiger partial charge >= 0.3 is 0 Å². The number of carbonyl (C=O) groups is 2. The molecular weight excluding hydrogens is 520 g/mol. The molecule has 0 spiro atoms. The van der Waals surface area contributed by atoms with Gasteiger partial charge in [0.1, 0.15) is 0 Å². The number of pyridine rings is 1.